The summed E-state index contributed by atoms with van der Waals surface area (Å²) in [6.45, 7) is 9.31. The van der Waals surface area contributed by atoms with Crippen LogP contribution < -0.4 is 15.1 Å². The molecule has 0 saturated carbocycles. The van der Waals surface area contributed by atoms with Crippen LogP contribution in [0.2, 0.25) is 0 Å². The fourth-order valence-electron chi connectivity index (χ4n) is 4.15. The Balaban J connectivity index is 1.46. The highest BCUT2D eigenvalue weighted by Gasteiger charge is 2.33. The summed E-state index contributed by atoms with van der Waals surface area (Å²) in [5.74, 6) is 0.624. The highest BCUT2D eigenvalue weighted by atomic mass is 16.2. The molecule has 0 bridgehead atoms. The Labute approximate surface area is 173 Å². The van der Waals surface area contributed by atoms with Crippen LogP contribution in [0.1, 0.15) is 26.0 Å². The number of amides is 2. The van der Waals surface area contributed by atoms with E-state index in [4.69, 9.17) is 0 Å². The Morgan fingerprint density at radius 2 is 1.90 bits per heavy atom. The van der Waals surface area contributed by atoms with Crippen LogP contribution in [-0.4, -0.2) is 54.7 Å². The van der Waals surface area contributed by atoms with Gasteiger partial charge in [0.1, 0.15) is 0 Å². The first-order valence-electron chi connectivity index (χ1n) is 10.7. The molecule has 1 atom stereocenters. The molecule has 1 aromatic heterocycles. The van der Waals surface area contributed by atoms with Crippen molar-refractivity contribution in [2.24, 2.45) is 5.92 Å². The molecular weight excluding hydrogens is 362 g/mol. The molecule has 6 nitrogen and oxygen atoms in total. The van der Waals surface area contributed by atoms with Crippen molar-refractivity contribution >= 4 is 17.4 Å². The maximum atomic E-state index is 13.3. The number of rotatable bonds is 5. The number of fused-ring (bicyclic) bond motifs is 1. The van der Waals surface area contributed by atoms with Gasteiger partial charge in [0, 0.05) is 38.4 Å². The Kier molecular flexibility index (Phi) is 6.00. The Hall–Kier alpha value is -2.60. The standard InChI is InChI=1S/C23H31N5O/c1-18(2)15-25-20-10-12-27(17-20)23(29)28-14-13-26(16-19-7-5-6-11-24-19)21-8-3-4-9-22(21)28/h3-9,11,18,20,25H,10,12-17H2,1-2H3/t20-/m0/s1. The maximum Gasteiger partial charge on any atom is 0.324 e. The van der Waals surface area contributed by atoms with Crippen LogP contribution in [0, 0.1) is 5.92 Å². The lowest BCUT2D eigenvalue weighted by molar-refractivity contribution is 0.214. The molecule has 1 saturated heterocycles. The minimum Gasteiger partial charge on any atom is -0.362 e. The quantitative estimate of drug-likeness (QED) is 0.846. The van der Waals surface area contributed by atoms with E-state index in [1.165, 1.54) is 0 Å². The fourth-order valence-corrected chi connectivity index (χ4v) is 4.15. The molecule has 3 heterocycles. The second-order valence-corrected chi connectivity index (χ2v) is 8.40. The molecule has 2 aliphatic rings. The van der Waals surface area contributed by atoms with Gasteiger partial charge in [-0.1, -0.05) is 32.0 Å². The number of nitrogens with zero attached hydrogens (tertiary/aromatic N) is 4. The van der Waals surface area contributed by atoms with Gasteiger partial charge in [-0.3, -0.25) is 9.88 Å². The molecule has 1 N–H and O–H groups in total. The summed E-state index contributed by atoms with van der Waals surface area (Å²) in [5, 5.41) is 3.59. The molecule has 29 heavy (non-hydrogen) atoms. The molecule has 6 heteroatoms. The number of hydrogen-bond donors (Lipinski definition) is 1. The van der Waals surface area contributed by atoms with Gasteiger partial charge in [-0.2, -0.15) is 0 Å². The van der Waals surface area contributed by atoms with E-state index in [0.29, 0.717) is 18.5 Å². The van der Waals surface area contributed by atoms with E-state index >= 15 is 0 Å². The summed E-state index contributed by atoms with van der Waals surface area (Å²) in [6, 6.07) is 14.8. The number of para-hydroxylation sites is 2. The third-order valence-corrected chi connectivity index (χ3v) is 5.69. The lowest BCUT2D eigenvalue weighted by atomic mass is 10.1. The topological polar surface area (TPSA) is 51.7 Å². The van der Waals surface area contributed by atoms with E-state index in [1.54, 1.807) is 0 Å². The number of carbonyl (C=O) groups excluding carboxylic acids is 1. The first-order chi connectivity index (χ1) is 14.1. The molecule has 2 aromatic rings. The van der Waals surface area contributed by atoms with Crippen LogP contribution in [-0.2, 0) is 6.54 Å². The van der Waals surface area contributed by atoms with Gasteiger partial charge in [-0.15, -0.1) is 0 Å². The molecule has 154 valence electrons. The molecule has 1 aromatic carbocycles. The van der Waals surface area contributed by atoms with Crippen LogP contribution in [0.25, 0.3) is 0 Å². The average molecular weight is 394 g/mol. The van der Waals surface area contributed by atoms with Gasteiger partial charge in [-0.05, 0) is 43.1 Å². The van der Waals surface area contributed by atoms with Crippen molar-refractivity contribution in [3.05, 3.63) is 54.4 Å². The van der Waals surface area contributed by atoms with Crippen molar-refractivity contribution in [1.82, 2.24) is 15.2 Å². The van der Waals surface area contributed by atoms with E-state index in [2.05, 4.69) is 47.2 Å². The van der Waals surface area contributed by atoms with Gasteiger partial charge in [-0.25, -0.2) is 4.79 Å². The molecule has 0 aliphatic carbocycles. The minimum atomic E-state index is 0.129. The zero-order chi connectivity index (χ0) is 20.2. The number of anilines is 2. The third-order valence-electron chi connectivity index (χ3n) is 5.69. The second kappa shape index (κ2) is 8.82. The smallest absolute Gasteiger partial charge is 0.324 e. The molecule has 1 fully saturated rings. The van der Waals surface area contributed by atoms with E-state index < -0.39 is 0 Å². The zero-order valence-electron chi connectivity index (χ0n) is 17.4. The summed E-state index contributed by atoms with van der Waals surface area (Å²) in [4.78, 5) is 24.0. The minimum absolute atomic E-state index is 0.129. The first kappa shape index (κ1) is 19.7. The largest absolute Gasteiger partial charge is 0.362 e. The van der Waals surface area contributed by atoms with Gasteiger partial charge in [0.15, 0.2) is 0 Å². The SMILES string of the molecule is CC(C)CN[C@H]1CCN(C(=O)N2CCN(Cc3ccccn3)c3ccccc32)C1. The highest BCUT2D eigenvalue weighted by molar-refractivity contribution is 5.97. The number of urea groups is 1. The monoisotopic (exact) mass is 393 g/mol. The molecule has 2 aliphatic heterocycles. The highest BCUT2D eigenvalue weighted by Crippen LogP contribution is 2.34. The van der Waals surface area contributed by atoms with Gasteiger partial charge in [0.05, 0.1) is 23.6 Å². The Morgan fingerprint density at radius 3 is 2.66 bits per heavy atom. The van der Waals surface area contributed by atoms with Crippen molar-refractivity contribution in [1.29, 1.82) is 0 Å². The normalized spacial score (nSPS) is 19.0. The number of hydrogen-bond acceptors (Lipinski definition) is 4. The number of carbonyl (C=O) groups is 1. The van der Waals surface area contributed by atoms with Gasteiger partial charge >= 0.3 is 6.03 Å². The second-order valence-electron chi connectivity index (χ2n) is 8.40. The van der Waals surface area contributed by atoms with Crippen LogP contribution in [0.3, 0.4) is 0 Å². The summed E-state index contributed by atoms with van der Waals surface area (Å²) >= 11 is 0. The van der Waals surface area contributed by atoms with Crippen LogP contribution >= 0.6 is 0 Å². The number of likely N-dealkylation sites (tertiary alicyclic amines) is 1. The molecule has 4 rings (SSSR count). The molecule has 0 spiro atoms. The zero-order valence-corrected chi connectivity index (χ0v) is 17.4. The van der Waals surface area contributed by atoms with E-state index in [0.717, 1.165) is 56.2 Å². The lowest BCUT2D eigenvalue weighted by Crippen LogP contribution is -2.49. The van der Waals surface area contributed by atoms with Crippen LogP contribution in [0.4, 0.5) is 16.2 Å². The van der Waals surface area contributed by atoms with Gasteiger partial charge < -0.3 is 15.1 Å². The number of pyridine rings is 1. The first-order valence-corrected chi connectivity index (χ1v) is 10.7. The van der Waals surface area contributed by atoms with Crippen LogP contribution in [0.5, 0.6) is 0 Å². The fraction of sp³-hybridized carbons (Fsp3) is 0.478. The van der Waals surface area contributed by atoms with Crippen molar-refractivity contribution in [3.63, 3.8) is 0 Å². The molecular formula is C23H31N5O. The average Bonchev–Trinajstić information content (AvgIpc) is 3.22. The predicted octanol–water partition coefficient (Wildman–Crippen LogP) is 3.35. The molecule has 0 unspecified atom stereocenters. The third kappa shape index (κ3) is 4.53. The summed E-state index contributed by atoms with van der Waals surface area (Å²) < 4.78 is 0. The van der Waals surface area contributed by atoms with Crippen LogP contribution in [0.15, 0.2) is 48.7 Å². The maximum absolute atomic E-state index is 13.3. The van der Waals surface area contributed by atoms with Crippen molar-refractivity contribution in [2.45, 2.75) is 32.9 Å². The van der Waals surface area contributed by atoms with E-state index in [-0.39, 0.29) is 6.03 Å². The lowest BCUT2D eigenvalue weighted by Gasteiger charge is -2.39. The summed E-state index contributed by atoms with van der Waals surface area (Å²) in [5.41, 5.74) is 3.14. The Bertz CT molecular complexity index is 825. The van der Waals surface area contributed by atoms with Gasteiger partial charge in [0.2, 0.25) is 0 Å². The number of aromatic nitrogens is 1. The van der Waals surface area contributed by atoms with Crippen molar-refractivity contribution < 1.29 is 4.79 Å². The van der Waals surface area contributed by atoms with Crippen molar-refractivity contribution in [2.75, 3.05) is 42.5 Å². The summed E-state index contributed by atoms with van der Waals surface area (Å²) in [7, 11) is 0. The molecule has 2 amide bonds. The number of nitrogens with one attached hydrogen (secondary N) is 1. The van der Waals surface area contributed by atoms with Crippen molar-refractivity contribution in [3.8, 4) is 0 Å². The van der Waals surface area contributed by atoms with E-state index in [1.807, 2.05) is 40.3 Å². The summed E-state index contributed by atoms with van der Waals surface area (Å²) in [6.07, 6.45) is 2.86. The Morgan fingerprint density at radius 1 is 1.10 bits per heavy atom. The predicted molar refractivity (Wildman–Crippen MR) is 117 cm³/mol. The molecule has 0 radical (unpaired) electrons. The van der Waals surface area contributed by atoms with E-state index in [9.17, 15) is 4.79 Å². The number of benzene rings is 1. The van der Waals surface area contributed by atoms with Gasteiger partial charge in [0.25, 0.3) is 0 Å².